The van der Waals surface area contributed by atoms with Gasteiger partial charge in [0.25, 0.3) is 0 Å². The molecule has 1 amide bonds. The Morgan fingerprint density at radius 2 is 2.26 bits per heavy atom. The van der Waals surface area contributed by atoms with Crippen LogP contribution in [0, 0.1) is 0 Å². The van der Waals surface area contributed by atoms with Crippen LogP contribution in [-0.4, -0.2) is 51.9 Å². The Balaban J connectivity index is 2.05. The Hall–Kier alpha value is -1.36. The fourth-order valence-corrected chi connectivity index (χ4v) is 2.70. The molecule has 1 aromatic rings. The summed E-state index contributed by atoms with van der Waals surface area (Å²) >= 11 is 0. The molecule has 1 aliphatic heterocycles. The number of imidazole rings is 1. The Labute approximate surface area is 115 Å². The summed E-state index contributed by atoms with van der Waals surface area (Å²) in [5.41, 5.74) is 0. The second-order valence-corrected chi connectivity index (χ2v) is 5.03. The van der Waals surface area contributed by atoms with E-state index in [1.54, 1.807) is 6.20 Å². The quantitative estimate of drug-likeness (QED) is 0.882. The van der Waals surface area contributed by atoms with Gasteiger partial charge in [0.2, 0.25) is 5.91 Å². The topological polar surface area (TPSA) is 52.2 Å². The fraction of sp³-hybridized carbons (Fsp3) is 0.714. The van der Waals surface area contributed by atoms with Crippen LogP contribution in [0.15, 0.2) is 12.4 Å². The van der Waals surface area contributed by atoms with Crippen molar-refractivity contribution in [3.05, 3.63) is 18.2 Å². The summed E-state index contributed by atoms with van der Waals surface area (Å²) in [6, 6.07) is 0.131. The van der Waals surface area contributed by atoms with Crippen molar-refractivity contribution in [1.82, 2.24) is 19.8 Å². The molecule has 106 valence electrons. The average Bonchev–Trinajstić information content (AvgIpc) is 2.98. The maximum atomic E-state index is 12.5. The third-order valence-electron chi connectivity index (χ3n) is 3.91. The van der Waals surface area contributed by atoms with Crippen LogP contribution in [-0.2, 0) is 4.79 Å². The number of carbonyl (C=O) groups excluding carboxylic acids is 1. The van der Waals surface area contributed by atoms with Gasteiger partial charge in [-0.05, 0) is 32.4 Å². The van der Waals surface area contributed by atoms with Crippen molar-refractivity contribution < 1.29 is 4.79 Å². The van der Waals surface area contributed by atoms with Gasteiger partial charge in [-0.3, -0.25) is 9.69 Å². The predicted molar refractivity (Wildman–Crippen MR) is 74.7 cm³/mol. The Morgan fingerprint density at radius 3 is 2.89 bits per heavy atom. The molecule has 0 bridgehead atoms. The van der Waals surface area contributed by atoms with E-state index in [2.05, 4.69) is 28.7 Å². The lowest BCUT2D eigenvalue weighted by molar-refractivity contribution is -0.136. The molecule has 0 radical (unpaired) electrons. The largest absolute Gasteiger partial charge is 0.347 e. The second kappa shape index (κ2) is 6.70. The number of amides is 1. The van der Waals surface area contributed by atoms with Crippen LogP contribution in [0.5, 0.6) is 0 Å². The molecule has 0 aliphatic carbocycles. The lowest BCUT2D eigenvalue weighted by Crippen LogP contribution is -2.44. The molecule has 5 nitrogen and oxygen atoms in total. The summed E-state index contributed by atoms with van der Waals surface area (Å²) < 4.78 is 0. The molecule has 2 heterocycles. The van der Waals surface area contributed by atoms with Crippen LogP contribution in [0.4, 0.5) is 0 Å². The number of hydrogen-bond donors (Lipinski definition) is 1. The van der Waals surface area contributed by atoms with Crippen LogP contribution >= 0.6 is 0 Å². The van der Waals surface area contributed by atoms with E-state index in [1.807, 2.05) is 11.1 Å². The number of hydrogen-bond acceptors (Lipinski definition) is 3. The number of carbonyl (C=O) groups is 1. The van der Waals surface area contributed by atoms with Crippen molar-refractivity contribution in [2.75, 3.05) is 26.2 Å². The van der Waals surface area contributed by atoms with Gasteiger partial charge >= 0.3 is 0 Å². The molecule has 2 rings (SSSR count). The molecule has 0 spiro atoms. The number of likely N-dealkylation sites (tertiary alicyclic amines) is 1. The van der Waals surface area contributed by atoms with Gasteiger partial charge in [0.15, 0.2) is 0 Å². The van der Waals surface area contributed by atoms with E-state index >= 15 is 0 Å². The van der Waals surface area contributed by atoms with Gasteiger partial charge < -0.3 is 9.88 Å². The number of piperidine rings is 1. The monoisotopic (exact) mass is 264 g/mol. The van der Waals surface area contributed by atoms with Crippen LogP contribution in [0.2, 0.25) is 0 Å². The van der Waals surface area contributed by atoms with Crippen molar-refractivity contribution in [3.63, 3.8) is 0 Å². The maximum Gasteiger partial charge on any atom is 0.237 e. The minimum Gasteiger partial charge on any atom is -0.347 e. The van der Waals surface area contributed by atoms with Crippen molar-refractivity contribution in [3.8, 4) is 0 Å². The van der Waals surface area contributed by atoms with Gasteiger partial charge in [0.05, 0.1) is 12.6 Å². The molecular weight excluding hydrogens is 240 g/mol. The predicted octanol–water partition coefficient (Wildman–Crippen LogP) is 1.81. The van der Waals surface area contributed by atoms with Crippen LogP contribution in [0.3, 0.4) is 0 Å². The first kappa shape index (κ1) is 14.1. The van der Waals surface area contributed by atoms with Crippen LogP contribution in [0.1, 0.15) is 45.0 Å². The van der Waals surface area contributed by atoms with Gasteiger partial charge in [-0.1, -0.05) is 13.8 Å². The van der Waals surface area contributed by atoms with Crippen molar-refractivity contribution in [1.29, 1.82) is 0 Å². The lowest BCUT2D eigenvalue weighted by Gasteiger charge is -2.35. The highest BCUT2D eigenvalue weighted by atomic mass is 16.2. The molecule has 19 heavy (non-hydrogen) atoms. The van der Waals surface area contributed by atoms with E-state index in [1.165, 1.54) is 6.42 Å². The van der Waals surface area contributed by atoms with Gasteiger partial charge in [-0.25, -0.2) is 4.98 Å². The zero-order valence-corrected chi connectivity index (χ0v) is 11.9. The summed E-state index contributed by atoms with van der Waals surface area (Å²) in [7, 11) is 0. The Morgan fingerprint density at radius 1 is 1.47 bits per heavy atom. The summed E-state index contributed by atoms with van der Waals surface area (Å²) in [6.45, 7) is 7.40. The Kier molecular flexibility index (Phi) is 4.96. The smallest absolute Gasteiger partial charge is 0.237 e. The fourth-order valence-electron chi connectivity index (χ4n) is 2.70. The first-order valence-electron chi connectivity index (χ1n) is 7.27. The van der Waals surface area contributed by atoms with Gasteiger partial charge in [-0.15, -0.1) is 0 Å². The molecule has 0 saturated carbocycles. The van der Waals surface area contributed by atoms with E-state index in [4.69, 9.17) is 0 Å². The average molecular weight is 264 g/mol. The third kappa shape index (κ3) is 3.35. The van der Waals surface area contributed by atoms with E-state index in [0.29, 0.717) is 6.54 Å². The molecular formula is C14H24N4O. The number of H-pyrrole nitrogens is 1. The zero-order valence-electron chi connectivity index (χ0n) is 11.9. The molecule has 1 unspecified atom stereocenters. The van der Waals surface area contributed by atoms with Gasteiger partial charge in [0, 0.05) is 18.9 Å². The van der Waals surface area contributed by atoms with E-state index in [9.17, 15) is 4.79 Å². The second-order valence-electron chi connectivity index (χ2n) is 5.03. The Bertz CT molecular complexity index is 386. The lowest BCUT2D eigenvalue weighted by atomic mass is 10.0. The first-order valence-corrected chi connectivity index (χ1v) is 7.27. The van der Waals surface area contributed by atoms with Crippen LogP contribution < -0.4 is 0 Å². The number of nitrogens with zero attached hydrogens (tertiary/aromatic N) is 3. The zero-order chi connectivity index (χ0) is 13.7. The SMILES string of the molecule is CCN(CC)CC(=O)N1CCCCC1c1ncc[nH]1. The van der Waals surface area contributed by atoms with Crippen molar-refractivity contribution in [2.24, 2.45) is 0 Å². The molecule has 1 aromatic heterocycles. The first-order chi connectivity index (χ1) is 9.26. The van der Waals surface area contributed by atoms with Gasteiger partial charge in [0.1, 0.15) is 5.82 Å². The molecule has 1 atom stereocenters. The van der Waals surface area contributed by atoms with E-state index in [-0.39, 0.29) is 11.9 Å². The normalized spacial score (nSPS) is 19.9. The van der Waals surface area contributed by atoms with Crippen LogP contribution in [0.25, 0.3) is 0 Å². The van der Waals surface area contributed by atoms with E-state index in [0.717, 1.165) is 38.3 Å². The highest BCUT2D eigenvalue weighted by Gasteiger charge is 2.29. The minimum absolute atomic E-state index is 0.131. The molecule has 1 N–H and O–H groups in total. The number of aromatic nitrogens is 2. The number of nitrogens with one attached hydrogen (secondary N) is 1. The standard InChI is InChI=1S/C14H24N4O/c1-3-17(4-2)11-13(19)18-10-6-5-7-12(18)14-15-8-9-16-14/h8-9,12H,3-7,10-11H2,1-2H3,(H,15,16). The molecule has 0 aromatic carbocycles. The number of likely N-dealkylation sites (N-methyl/N-ethyl adjacent to an activating group) is 1. The number of aromatic amines is 1. The number of rotatable bonds is 5. The summed E-state index contributed by atoms with van der Waals surface area (Å²) in [5.74, 6) is 1.15. The molecule has 1 saturated heterocycles. The summed E-state index contributed by atoms with van der Waals surface area (Å²) in [5, 5.41) is 0. The molecule has 1 fully saturated rings. The molecule has 1 aliphatic rings. The van der Waals surface area contributed by atoms with E-state index < -0.39 is 0 Å². The minimum atomic E-state index is 0.131. The van der Waals surface area contributed by atoms with Crippen molar-refractivity contribution >= 4 is 5.91 Å². The maximum absolute atomic E-state index is 12.5. The molecule has 5 heteroatoms. The third-order valence-corrected chi connectivity index (χ3v) is 3.91. The van der Waals surface area contributed by atoms with Crippen molar-refractivity contribution in [2.45, 2.75) is 39.2 Å². The summed E-state index contributed by atoms with van der Waals surface area (Å²) in [4.78, 5) is 24.1. The highest BCUT2D eigenvalue weighted by molar-refractivity contribution is 5.78. The van der Waals surface area contributed by atoms with Gasteiger partial charge in [-0.2, -0.15) is 0 Å². The highest BCUT2D eigenvalue weighted by Crippen LogP contribution is 2.28. The summed E-state index contributed by atoms with van der Waals surface area (Å²) in [6.07, 6.45) is 6.87.